The second-order valence-corrected chi connectivity index (χ2v) is 7.45. The molecule has 0 aliphatic carbocycles. The largest absolute Gasteiger partial charge is 0.356 e. The average Bonchev–Trinajstić information content (AvgIpc) is 3.19. The first-order valence-corrected chi connectivity index (χ1v) is 9.79. The van der Waals surface area contributed by atoms with Gasteiger partial charge in [0.15, 0.2) is 6.23 Å². The number of aromatic nitrogens is 2. The third-order valence-corrected chi connectivity index (χ3v) is 5.24. The lowest BCUT2D eigenvalue weighted by molar-refractivity contribution is -0.0861. The van der Waals surface area contributed by atoms with Crippen molar-refractivity contribution in [3.8, 4) is 11.1 Å². The number of halogens is 1. The van der Waals surface area contributed by atoms with E-state index in [-0.39, 0.29) is 18.0 Å². The van der Waals surface area contributed by atoms with Gasteiger partial charge in [-0.1, -0.05) is 29.8 Å². The van der Waals surface area contributed by atoms with E-state index < -0.39 is 0 Å². The predicted molar refractivity (Wildman–Crippen MR) is 109 cm³/mol. The van der Waals surface area contributed by atoms with E-state index in [9.17, 15) is 9.18 Å². The van der Waals surface area contributed by atoms with Crippen molar-refractivity contribution < 1.29 is 13.9 Å². The van der Waals surface area contributed by atoms with Gasteiger partial charge in [0.05, 0.1) is 19.3 Å². The van der Waals surface area contributed by atoms with Crippen molar-refractivity contribution in [1.82, 2.24) is 14.7 Å². The van der Waals surface area contributed by atoms with Gasteiger partial charge in [-0.15, -0.1) is 0 Å². The summed E-state index contributed by atoms with van der Waals surface area (Å²) in [4.78, 5) is 15.0. The van der Waals surface area contributed by atoms with Crippen molar-refractivity contribution >= 4 is 5.91 Å². The van der Waals surface area contributed by atoms with Gasteiger partial charge >= 0.3 is 0 Å². The van der Waals surface area contributed by atoms with Gasteiger partial charge in [-0.05, 0) is 49.6 Å². The van der Waals surface area contributed by atoms with Gasteiger partial charge in [0.2, 0.25) is 0 Å². The Bertz CT molecular complexity index is 1010. The number of carbonyl (C=O) groups is 1. The minimum absolute atomic E-state index is 0.0122. The quantitative estimate of drug-likeness (QED) is 0.668. The number of amides is 1. The summed E-state index contributed by atoms with van der Waals surface area (Å²) in [5, 5.41) is 4.41. The lowest BCUT2D eigenvalue weighted by Crippen LogP contribution is -2.48. The highest BCUT2D eigenvalue weighted by atomic mass is 19.1. The summed E-state index contributed by atoms with van der Waals surface area (Å²) in [6.45, 7) is 5.66. The smallest absolute Gasteiger partial charge is 0.256 e. The maximum Gasteiger partial charge on any atom is 0.256 e. The highest BCUT2D eigenvalue weighted by Crippen LogP contribution is 2.22. The molecule has 29 heavy (non-hydrogen) atoms. The van der Waals surface area contributed by atoms with Crippen LogP contribution in [0.3, 0.4) is 0 Å². The van der Waals surface area contributed by atoms with E-state index in [0.29, 0.717) is 25.3 Å². The van der Waals surface area contributed by atoms with Crippen molar-refractivity contribution in [3.63, 3.8) is 0 Å². The second-order valence-electron chi connectivity index (χ2n) is 7.45. The Morgan fingerprint density at radius 1 is 1.17 bits per heavy atom. The molecule has 1 aliphatic rings. The normalized spacial score (nSPS) is 16.8. The average molecular weight is 393 g/mol. The molecule has 1 fully saturated rings. The molecule has 3 aromatic rings. The molecule has 0 saturated carbocycles. The summed E-state index contributed by atoms with van der Waals surface area (Å²) in [7, 11) is 0. The Labute approximate surface area is 169 Å². The van der Waals surface area contributed by atoms with Crippen LogP contribution >= 0.6 is 0 Å². The Morgan fingerprint density at radius 3 is 2.76 bits per heavy atom. The fourth-order valence-corrected chi connectivity index (χ4v) is 3.61. The molecule has 5 nitrogen and oxygen atoms in total. The lowest BCUT2D eigenvalue weighted by Gasteiger charge is -2.36. The van der Waals surface area contributed by atoms with E-state index >= 15 is 0 Å². The number of ether oxygens (including phenoxy) is 1. The third-order valence-electron chi connectivity index (χ3n) is 5.24. The molecule has 1 saturated heterocycles. The third kappa shape index (κ3) is 4.22. The minimum atomic E-state index is -0.378. The first-order valence-electron chi connectivity index (χ1n) is 9.79. The van der Waals surface area contributed by atoms with Crippen LogP contribution in [0.5, 0.6) is 0 Å². The Balaban J connectivity index is 1.53. The number of rotatable bonds is 4. The van der Waals surface area contributed by atoms with Crippen molar-refractivity contribution in [1.29, 1.82) is 0 Å². The van der Waals surface area contributed by atoms with Gasteiger partial charge in [-0.25, -0.2) is 4.39 Å². The summed E-state index contributed by atoms with van der Waals surface area (Å²) < 4.78 is 20.9. The Morgan fingerprint density at radius 2 is 1.97 bits per heavy atom. The van der Waals surface area contributed by atoms with E-state index in [0.717, 1.165) is 28.7 Å². The van der Waals surface area contributed by atoms with Crippen LogP contribution in [0, 0.1) is 19.7 Å². The van der Waals surface area contributed by atoms with Gasteiger partial charge in [0, 0.05) is 23.9 Å². The van der Waals surface area contributed by atoms with E-state index in [1.807, 2.05) is 38.2 Å². The summed E-state index contributed by atoms with van der Waals surface area (Å²) >= 11 is 0. The number of benzene rings is 2. The summed E-state index contributed by atoms with van der Waals surface area (Å²) in [5.74, 6) is -0.279. The van der Waals surface area contributed by atoms with Crippen LogP contribution in [-0.4, -0.2) is 40.0 Å². The van der Waals surface area contributed by atoms with E-state index in [1.165, 1.54) is 12.1 Å². The van der Waals surface area contributed by atoms with Gasteiger partial charge in [-0.2, -0.15) is 5.10 Å². The zero-order chi connectivity index (χ0) is 20.4. The summed E-state index contributed by atoms with van der Waals surface area (Å²) in [6, 6.07) is 12.2. The molecule has 0 radical (unpaired) electrons. The molecule has 2 heterocycles. The van der Waals surface area contributed by atoms with Crippen LogP contribution < -0.4 is 0 Å². The van der Waals surface area contributed by atoms with Crippen LogP contribution in [0.1, 0.15) is 27.9 Å². The maximum atomic E-state index is 13.2. The van der Waals surface area contributed by atoms with Gasteiger partial charge in [-0.3, -0.25) is 9.48 Å². The van der Waals surface area contributed by atoms with Gasteiger partial charge < -0.3 is 9.64 Å². The fourth-order valence-electron chi connectivity index (χ4n) is 3.61. The molecular weight excluding hydrogens is 369 g/mol. The van der Waals surface area contributed by atoms with E-state index in [1.54, 1.807) is 27.9 Å². The van der Waals surface area contributed by atoms with Crippen LogP contribution in [-0.2, 0) is 11.3 Å². The number of nitrogens with zero attached hydrogens (tertiary/aromatic N) is 3. The molecule has 150 valence electrons. The Kier molecular flexibility index (Phi) is 5.45. The second kappa shape index (κ2) is 8.17. The van der Waals surface area contributed by atoms with Crippen LogP contribution in [0.4, 0.5) is 4.39 Å². The van der Waals surface area contributed by atoms with Crippen LogP contribution in [0.2, 0.25) is 0 Å². The number of aryl methyl sites for hydroxylation is 2. The summed E-state index contributed by atoms with van der Waals surface area (Å²) in [6.07, 6.45) is 4.07. The summed E-state index contributed by atoms with van der Waals surface area (Å²) in [5.41, 5.74) is 4.53. The molecular formula is C23H24FN3O2. The molecule has 1 atom stereocenters. The van der Waals surface area contributed by atoms with E-state index in [4.69, 9.17) is 4.74 Å². The first kappa shape index (κ1) is 19.3. The standard InChI is InChI=1S/C23H24FN3O2/c1-16-4-5-17(2)21(12-16)23(28)27-10-3-11-29-22(27)15-26-14-19(13-25-26)18-6-8-20(24)9-7-18/h4-9,12-14,22H,3,10-11,15H2,1-2H3. The highest BCUT2D eigenvalue weighted by Gasteiger charge is 2.29. The van der Waals surface area contributed by atoms with Crippen molar-refractivity contribution in [2.24, 2.45) is 0 Å². The number of hydrogen-bond donors (Lipinski definition) is 0. The zero-order valence-corrected chi connectivity index (χ0v) is 16.6. The molecule has 1 aliphatic heterocycles. The monoisotopic (exact) mass is 393 g/mol. The van der Waals surface area contributed by atoms with Crippen LogP contribution in [0.25, 0.3) is 11.1 Å². The fraction of sp³-hybridized carbons (Fsp3) is 0.304. The maximum absolute atomic E-state index is 13.2. The lowest BCUT2D eigenvalue weighted by atomic mass is 10.0. The predicted octanol–water partition coefficient (Wildman–Crippen LogP) is 4.19. The molecule has 1 amide bonds. The zero-order valence-electron chi connectivity index (χ0n) is 16.6. The molecule has 2 aromatic carbocycles. The van der Waals surface area contributed by atoms with Crippen molar-refractivity contribution in [2.75, 3.05) is 13.2 Å². The molecule has 0 N–H and O–H groups in total. The molecule has 0 spiro atoms. The van der Waals surface area contributed by atoms with Crippen molar-refractivity contribution in [2.45, 2.75) is 33.0 Å². The molecule has 0 bridgehead atoms. The minimum Gasteiger partial charge on any atom is -0.356 e. The molecule has 6 heteroatoms. The highest BCUT2D eigenvalue weighted by molar-refractivity contribution is 5.96. The number of hydrogen-bond acceptors (Lipinski definition) is 3. The molecule has 1 unspecified atom stereocenters. The first-order chi connectivity index (χ1) is 14.0. The van der Waals surface area contributed by atoms with Crippen molar-refractivity contribution in [3.05, 3.63) is 77.4 Å². The van der Waals surface area contributed by atoms with E-state index in [2.05, 4.69) is 5.10 Å². The van der Waals surface area contributed by atoms with Gasteiger partial charge in [0.1, 0.15) is 5.82 Å². The SMILES string of the molecule is Cc1ccc(C)c(C(=O)N2CCCOC2Cn2cc(-c3ccc(F)cc3)cn2)c1. The molecule has 1 aromatic heterocycles. The molecule has 4 rings (SSSR count). The number of carbonyl (C=O) groups excluding carboxylic acids is 1. The van der Waals surface area contributed by atoms with Gasteiger partial charge in [0.25, 0.3) is 5.91 Å². The van der Waals surface area contributed by atoms with Crippen LogP contribution in [0.15, 0.2) is 54.9 Å². The topological polar surface area (TPSA) is 47.4 Å². The Hall–Kier alpha value is -2.99.